The zero-order chi connectivity index (χ0) is 23.6. The second-order valence-corrected chi connectivity index (χ2v) is 6.39. The third-order valence-corrected chi connectivity index (χ3v) is 3.80. The standard InChI is InChI=1S/C16H23N7O8/c17-8(2-11(18)24)14(28)20-5-12(25)22-9(1-7-4-19-6-21-7)15(29)23-10(16(30)31)3-13(26)27/h4,6,8-10H,1-3,5,17H2,(H2,18,24)(H,19,21)(H,20,28)(H,22,25)(H,23,29)(H,26,27)(H,30,31). The van der Waals surface area contributed by atoms with Gasteiger partial charge in [0.1, 0.15) is 12.1 Å². The Balaban J connectivity index is 2.78. The van der Waals surface area contributed by atoms with Crippen molar-refractivity contribution in [2.75, 3.05) is 6.54 Å². The van der Waals surface area contributed by atoms with Crippen LogP contribution in [0.25, 0.3) is 0 Å². The second kappa shape index (κ2) is 11.9. The summed E-state index contributed by atoms with van der Waals surface area (Å²) in [5.41, 5.74) is 10.8. The number of hydrogen-bond acceptors (Lipinski definition) is 8. The van der Waals surface area contributed by atoms with Gasteiger partial charge in [-0.3, -0.25) is 24.0 Å². The maximum atomic E-state index is 12.5. The fourth-order valence-electron chi connectivity index (χ4n) is 2.33. The summed E-state index contributed by atoms with van der Waals surface area (Å²) in [7, 11) is 0. The second-order valence-electron chi connectivity index (χ2n) is 6.39. The molecule has 1 aromatic heterocycles. The summed E-state index contributed by atoms with van der Waals surface area (Å²) in [6.45, 7) is -0.602. The van der Waals surface area contributed by atoms with E-state index in [9.17, 15) is 28.8 Å². The van der Waals surface area contributed by atoms with Crippen molar-refractivity contribution < 1.29 is 39.0 Å². The maximum absolute atomic E-state index is 12.5. The van der Waals surface area contributed by atoms with Crippen molar-refractivity contribution in [2.24, 2.45) is 11.5 Å². The first-order chi connectivity index (χ1) is 14.5. The molecule has 1 heterocycles. The molecule has 170 valence electrons. The van der Waals surface area contributed by atoms with E-state index in [4.69, 9.17) is 21.7 Å². The normalized spacial score (nSPS) is 13.3. The van der Waals surface area contributed by atoms with Gasteiger partial charge in [-0.05, 0) is 0 Å². The first kappa shape index (κ1) is 25.0. The van der Waals surface area contributed by atoms with Crippen molar-refractivity contribution in [3.05, 3.63) is 18.2 Å². The van der Waals surface area contributed by atoms with Gasteiger partial charge in [-0.1, -0.05) is 0 Å². The molecular formula is C16H23N7O8. The van der Waals surface area contributed by atoms with Crippen LogP contribution in [-0.2, 0) is 35.2 Å². The Morgan fingerprint density at radius 3 is 2.23 bits per heavy atom. The highest BCUT2D eigenvalue weighted by atomic mass is 16.4. The number of nitrogens with one attached hydrogen (secondary N) is 4. The van der Waals surface area contributed by atoms with Crippen LogP contribution in [0.4, 0.5) is 0 Å². The van der Waals surface area contributed by atoms with E-state index in [0.29, 0.717) is 5.69 Å². The zero-order valence-corrected chi connectivity index (χ0v) is 16.2. The van der Waals surface area contributed by atoms with E-state index in [1.54, 1.807) is 0 Å². The third-order valence-electron chi connectivity index (χ3n) is 3.80. The predicted molar refractivity (Wildman–Crippen MR) is 101 cm³/mol. The number of primary amides is 1. The van der Waals surface area contributed by atoms with E-state index < -0.39 is 73.1 Å². The molecule has 10 N–H and O–H groups in total. The Hall–Kier alpha value is -4.01. The highest BCUT2D eigenvalue weighted by molar-refractivity contribution is 5.94. The number of aromatic nitrogens is 2. The van der Waals surface area contributed by atoms with Gasteiger partial charge in [0.2, 0.25) is 23.6 Å². The molecule has 0 bridgehead atoms. The molecule has 0 aliphatic rings. The largest absolute Gasteiger partial charge is 0.481 e. The lowest BCUT2D eigenvalue weighted by atomic mass is 10.1. The third kappa shape index (κ3) is 9.35. The van der Waals surface area contributed by atoms with Crippen molar-refractivity contribution >= 4 is 35.6 Å². The molecule has 0 aromatic carbocycles. The van der Waals surface area contributed by atoms with Crippen LogP contribution in [0.1, 0.15) is 18.5 Å². The number of carbonyl (C=O) groups is 6. The summed E-state index contributed by atoms with van der Waals surface area (Å²) < 4.78 is 0. The Labute approximate surface area is 174 Å². The van der Waals surface area contributed by atoms with Crippen LogP contribution >= 0.6 is 0 Å². The average molecular weight is 441 g/mol. The SMILES string of the molecule is NC(=O)CC(N)C(=O)NCC(=O)NC(Cc1cnc[nH]1)C(=O)NC(CC(=O)O)C(=O)O. The Bertz CT molecular complexity index is 826. The molecule has 0 aliphatic carbocycles. The highest BCUT2D eigenvalue weighted by Crippen LogP contribution is 2.01. The molecule has 1 rings (SSSR count). The topological polar surface area (TPSA) is 260 Å². The number of nitrogens with zero attached hydrogens (tertiary/aromatic N) is 1. The van der Waals surface area contributed by atoms with Crippen LogP contribution in [0.3, 0.4) is 0 Å². The summed E-state index contributed by atoms with van der Waals surface area (Å²) in [6, 6.07) is -4.31. The monoisotopic (exact) mass is 441 g/mol. The quantitative estimate of drug-likeness (QED) is 0.146. The van der Waals surface area contributed by atoms with E-state index in [1.807, 2.05) is 5.32 Å². The van der Waals surface area contributed by atoms with Crippen molar-refractivity contribution in [2.45, 2.75) is 37.4 Å². The van der Waals surface area contributed by atoms with Gasteiger partial charge in [-0.15, -0.1) is 0 Å². The average Bonchev–Trinajstić information content (AvgIpc) is 3.17. The summed E-state index contributed by atoms with van der Waals surface area (Å²) in [5.74, 6) is -6.44. The fraction of sp³-hybridized carbons (Fsp3) is 0.438. The van der Waals surface area contributed by atoms with Crippen LogP contribution in [-0.4, -0.2) is 80.4 Å². The number of imidazole rings is 1. The Morgan fingerprint density at radius 1 is 1.03 bits per heavy atom. The van der Waals surface area contributed by atoms with Crippen molar-refractivity contribution in [1.82, 2.24) is 25.9 Å². The van der Waals surface area contributed by atoms with Gasteiger partial charge in [0, 0.05) is 18.3 Å². The van der Waals surface area contributed by atoms with Gasteiger partial charge < -0.3 is 42.6 Å². The molecule has 0 radical (unpaired) electrons. The molecule has 0 fully saturated rings. The lowest BCUT2D eigenvalue weighted by Crippen LogP contribution is -2.55. The van der Waals surface area contributed by atoms with Crippen molar-refractivity contribution in [1.29, 1.82) is 0 Å². The zero-order valence-electron chi connectivity index (χ0n) is 16.2. The van der Waals surface area contributed by atoms with Crippen LogP contribution in [0, 0.1) is 0 Å². The van der Waals surface area contributed by atoms with Crippen molar-refractivity contribution in [3.63, 3.8) is 0 Å². The molecule has 1 aromatic rings. The molecule has 3 atom stereocenters. The van der Waals surface area contributed by atoms with Gasteiger partial charge in [-0.2, -0.15) is 0 Å². The van der Waals surface area contributed by atoms with Crippen molar-refractivity contribution in [3.8, 4) is 0 Å². The van der Waals surface area contributed by atoms with Crippen LogP contribution < -0.4 is 27.4 Å². The molecule has 0 saturated carbocycles. The molecule has 0 aliphatic heterocycles. The molecule has 3 unspecified atom stereocenters. The number of carboxylic acids is 2. The minimum atomic E-state index is -1.72. The number of carboxylic acid groups (broad SMARTS) is 2. The smallest absolute Gasteiger partial charge is 0.326 e. The number of rotatable bonds is 13. The van der Waals surface area contributed by atoms with Gasteiger partial charge in [0.25, 0.3) is 0 Å². The minimum Gasteiger partial charge on any atom is -0.481 e. The minimum absolute atomic E-state index is 0.133. The number of H-pyrrole nitrogens is 1. The molecule has 31 heavy (non-hydrogen) atoms. The van der Waals surface area contributed by atoms with E-state index >= 15 is 0 Å². The molecule has 0 saturated heterocycles. The maximum Gasteiger partial charge on any atom is 0.326 e. The van der Waals surface area contributed by atoms with Crippen LogP contribution in [0.15, 0.2) is 12.5 Å². The molecule has 15 nitrogen and oxygen atoms in total. The molecule has 15 heteroatoms. The molecule has 4 amide bonds. The summed E-state index contributed by atoms with van der Waals surface area (Å²) >= 11 is 0. The van der Waals surface area contributed by atoms with Gasteiger partial charge in [0.15, 0.2) is 0 Å². The predicted octanol–water partition coefficient (Wildman–Crippen LogP) is -4.20. The summed E-state index contributed by atoms with van der Waals surface area (Å²) in [6.07, 6.45) is 1.24. The number of carbonyl (C=O) groups excluding carboxylic acids is 4. The fourth-order valence-corrected chi connectivity index (χ4v) is 2.33. The lowest BCUT2D eigenvalue weighted by molar-refractivity contribution is -0.147. The Morgan fingerprint density at radius 2 is 1.71 bits per heavy atom. The van der Waals surface area contributed by atoms with Crippen LogP contribution in [0.2, 0.25) is 0 Å². The lowest BCUT2D eigenvalue weighted by Gasteiger charge is -2.21. The van der Waals surface area contributed by atoms with Gasteiger partial charge >= 0.3 is 11.9 Å². The van der Waals surface area contributed by atoms with Crippen LogP contribution in [0.5, 0.6) is 0 Å². The summed E-state index contributed by atoms with van der Waals surface area (Å²) in [5, 5.41) is 24.4. The Kier molecular flexibility index (Phi) is 9.58. The number of aliphatic carboxylic acids is 2. The first-order valence-corrected chi connectivity index (χ1v) is 8.82. The number of aromatic amines is 1. The van der Waals surface area contributed by atoms with E-state index in [1.165, 1.54) is 12.5 Å². The van der Waals surface area contributed by atoms with E-state index in [0.717, 1.165) is 0 Å². The summed E-state index contributed by atoms with van der Waals surface area (Å²) in [4.78, 5) is 75.6. The number of nitrogens with two attached hydrogens (primary N) is 2. The number of hydrogen-bond donors (Lipinski definition) is 8. The van der Waals surface area contributed by atoms with E-state index in [2.05, 4.69) is 20.6 Å². The number of amides is 4. The highest BCUT2D eigenvalue weighted by Gasteiger charge is 2.29. The molecule has 0 spiro atoms. The molecular weight excluding hydrogens is 418 g/mol. The van der Waals surface area contributed by atoms with Gasteiger partial charge in [-0.25, -0.2) is 9.78 Å². The van der Waals surface area contributed by atoms with Gasteiger partial charge in [0.05, 0.1) is 31.8 Å². The first-order valence-electron chi connectivity index (χ1n) is 8.82. The van der Waals surface area contributed by atoms with E-state index in [-0.39, 0.29) is 6.42 Å².